The van der Waals surface area contributed by atoms with Crippen LogP contribution in [0.4, 0.5) is 0 Å². The predicted molar refractivity (Wildman–Crippen MR) is 38.3 cm³/mol. The number of carboxylic acid groups (broad SMARTS) is 2. The summed E-state index contributed by atoms with van der Waals surface area (Å²) in [4.78, 5) is 30.8. The molecule has 0 spiro atoms. The zero-order valence-electron chi connectivity index (χ0n) is 6.69. The van der Waals surface area contributed by atoms with Crippen molar-refractivity contribution in [3.63, 3.8) is 0 Å². The van der Waals surface area contributed by atoms with Gasteiger partial charge < -0.3 is 25.5 Å². The van der Waals surface area contributed by atoms with Crippen molar-refractivity contribution in [2.45, 2.75) is 18.3 Å². The summed E-state index contributed by atoms with van der Waals surface area (Å²) in [6.45, 7) is 0. The molecule has 0 heterocycles. The van der Waals surface area contributed by atoms with Crippen molar-refractivity contribution >= 4 is 17.7 Å². The van der Waals surface area contributed by atoms with E-state index in [-0.39, 0.29) is 0 Å². The normalized spacial score (nSPS) is 16.8. The first-order valence-electron chi connectivity index (χ1n) is 3.32. The Morgan fingerprint density at radius 1 is 0.786 bits per heavy atom. The average molecular weight is 208 g/mol. The van der Waals surface area contributed by atoms with E-state index in [2.05, 4.69) is 0 Å². The average Bonchev–Trinajstić information content (AvgIpc) is 2.12. The second-order valence-electron chi connectivity index (χ2n) is 2.37. The molecule has 80 valence electrons. The molecule has 0 saturated carbocycles. The van der Waals surface area contributed by atoms with Crippen LogP contribution in [-0.4, -0.2) is 61.6 Å². The summed E-state index contributed by atoms with van der Waals surface area (Å²) in [5, 5.41) is 42.2. The van der Waals surface area contributed by atoms with Crippen LogP contribution in [0.2, 0.25) is 0 Å². The van der Waals surface area contributed by atoms with Crippen LogP contribution in [0.3, 0.4) is 0 Å². The molecule has 0 saturated heterocycles. The lowest BCUT2D eigenvalue weighted by Gasteiger charge is -2.13. The Balaban J connectivity index is 4.54. The molecule has 0 aliphatic heterocycles. The molecule has 0 aromatic rings. The van der Waals surface area contributed by atoms with Gasteiger partial charge in [0.15, 0.2) is 12.2 Å². The van der Waals surface area contributed by atoms with Gasteiger partial charge >= 0.3 is 11.9 Å². The summed E-state index contributed by atoms with van der Waals surface area (Å²) in [5.74, 6) is -5.53. The number of aliphatic hydroxyl groups is 3. The molecule has 0 amide bonds. The predicted octanol–water partition coefficient (Wildman–Crippen LogP) is -3.19. The Labute approximate surface area is 77.0 Å². The van der Waals surface area contributed by atoms with Crippen LogP contribution in [-0.2, 0) is 14.4 Å². The van der Waals surface area contributed by atoms with E-state index in [1.807, 2.05) is 0 Å². The molecule has 0 aliphatic carbocycles. The van der Waals surface area contributed by atoms with Crippen molar-refractivity contribution in [3.8, 4) is 0 Å². The second-order valence-corrected chi connectivity index (χ2v) is 2.37. The molecule has 5 N–H and O–H groups in total. The summed E-state index contributed by atoms with van der Waals surface area (Å²) in [7, 11) is 0. The van der Waals surface area contributed by atoms with Gasteiger partial charge in [0, 0.05) is 0 Å². The highest BCUT2D eigenvalue weighted by atomic mass is 16.4. The zero-order chi connectivity index (χ0) is 11.5. The molecule has 0 bridgehead atoms. The minimum atomic E-state index is -2.56. The van der Waals surface area contributed by atoms with Crippen LogP contribution < -0.4 is 0 Å². The highest BCUT2D eigenvalue weighted by Crippen LogP contribution is 2.00. The van der Waals surface area contributed by atoms with Gasteiger partial charge in [0.2, 0.25) is 11.9 Å². The number of hydrogen-bond donors (Lipinski definition) is 5. The van der Waals surface area contributed by atoms with Gasteiger partial charge in [-0.15, -0.1) is 0 Å². The lowest BCUT2D eigenvalue weighted by atomic mass is 10.1. The molecule has 0 fully saturated rings. The lowest BCUT2D eigenvalue weighted by Crippen LogP contribution is -2.46. The molecule has 3 unspecified atom stereocenters. The maximum atomic E-state index is 10.7. The van der Waals surface area contributed by atoms with Crippen molar-refractivity contribution in [2.75, 3.05) is 0 Å². The molecule has 0 rings (SSSR count). The molecule has 0 aliphatic rings. The van der Waals surface area contributed by atoms with Crippen molar-refractivity contribution < 1.29 is 39.9 Å². The van der Waals surface area contributed by atoms with E-state index < -0.39 is 36.0 Å². The molecular weight excluding hydrogens is 200 g/mol. The third-order valence-electron chi connectivity index (χ3n) is 1.35. The maximum absolute atomic E-state index is 10.7. The van der Waals surface area contributed by atoms with Crippen LogP contribution in [0, 0.1) is 0 Å². The van der Waals surface area contributed by atoms with E-state index in [1.165, 1.54) is 0 Å². The quantitative estimate of drug-likeness (QED) is 0.296. The van der Waals surface area contributed by atoms with Gasteiger partial charge in [0.25, 0.3) is 0 Å². The van der Waals surface area contributed by atoms with Crippen LogP contribution in [0.5, 0.6) is 0 Å². The summed E-state index contributed by atoms with van der Waals surface area (Å²) in [6.07, 6.45) is -7.49. The van der Waals surface area contributed by atoms with Gasteiger partial charge in [-0.05, 0) is 0 Å². The Kier molecular flexibility index (Phi) is 4.15. The van der Waals surface area contributed by atoms with Gasteiger partial charge in [-0.1, -0.05) is 0 Å². The number of carboxylic acids is 2. The van der Waals surface area contributed by atoms with Gasteiger partial charge in [0.05, 0.1) is 0 Å². The molecule has 3 atom stereocenters. The number of carbonyl (C=O) groups excluding carboxylic acids is 1. The number of ketones is 1. The first kappa shape index (κ1) is 12.5. The van der Waals surface area contributed by atoms with Gasteiger partial charge in [0.1, 0.15) is 0 Å². The fourth-order valence-corrected chi connectivity index (χ4v) is 0.574. The van der Waals surface area contributed by atoms with E-state index in [9.17, 15) is 14.4 Å². The molecule has 8 heteroatoms. The van der Waals surface area contributed by atoms with Crippen molar-refractivity contribution in [2.24, 2.45) is 0 Å². The van der Waals surface area contributed by atoms with Gasteiger partial charge in [-0.2, -0.15) is 0 Å². The summed E-state index contributed by atoms with van der Waals surface area (Å²) in [5.41, 5.74) is 0. The molecular formula is C6H8O8. The molecule has 0 radical (unpaired) electrons. The number of hydrogen-bond acceptors (Lipinski definition) is 6. The van der Waals surface area contributed by atoms with E-state index >= 15 is 0 Å². The van der Waals surface area contributed by atoms with E-state index in [0.29, 0.717) is 0 Å². The number of aliphatic carboxylic acids is 2. The highest BCUT2D eigenvalue weighted by molar-refractivity contribution is 6.04. The Bertz CT molecular complexity index is 259. The largest absolute Gasteiger partial charge is 0.479 e. The Morgan fingerprint density at radius 2 is 1.21 bits per heavy atom. The molecule has 0 aromatic heterocycles. The number of aliphatic hydroxyl groups excluding tert-OH is 3. The highest BCUT2D eigenvalue weighted by Gasteiger charge is 2.36. The summed E-state index contributed by atoms with van der Waals surface area (Å²) in [6, 6.07) is 0. The molecule has 14 heavy (non-hydrogen) atoms. The molecule has 8 nitrogen and oxygen atoms in total. The SMILES string of the molecule is O=C(O)C(O)C(=O)C(O)C(O)C(=O)O. The second kappa shape index (κ2) is 4.65. The Morgan fingerprint density at radius 3 is 1.50 bits per heavy atom. The monoisotopic (exact) mass is 208 g/mol. The third kappa shape index (κ3) is 2.76. The minimum Gasteiger partial charge on any atom is -0.479 e. The van der Waals surface area contributed by atoms with Gasteiger partial charge in [-0.3, -0.25) is 4.79 Å². The summed E-state index contributed by atoms with van der Waals surface area (Å²) >= 11 is 0. The van der Waals surface area contributed by atoms with Crippen molar-refractivity contribution in [1.82, 2.24) is 0 Å². The van der Waals surface area contributed by atoms with E-state index in [0.717, 1.165) is 0 Å². The topological polar surface area (TPSA) is 152 Å². The van der Waals surface area contributed by atoms with Crippen LogP contribution in [0.1, 0.15) is 0 Å². The zero-order valence-corrected chi connectivity index (χ0v) is 6.69. The third-order valence-corrected chi connectivity index (χ3v) is 1.35. The lowest BCUT2D eigenvalue weighted by molar-refractivity contribution is -0.165. The smallest absolute Gasteiger partial charge is 0.340 e. The van der Waals surface area contributed by atoms with Crippen molar-refractivity contribution in [1.29, 1.82) is 0 Å². The van der Waals surface area contributed by atoms with Crippen LogP contribution in [0.15, 0.2) is 0 Å². The standard InChI is InChI=1S/C6H8O8/c7-1(3(9)5(11)12)2(8)4(10)6(13)14/h1,3-4,7,9-10H,(H,11,12)(H,13,14). The van der Waals surface area contributed by atoms with E-state index in [4.69, 9.17) is 25.5 Å². The number of rotatable bonds is 5. The Hall–Kier alpha value is -1.51. The van der Waals surface area contributed by atoms with Gasteiger partial charge in [-0.25, -0.2) is 9.59 Å². The van der Waals surface area contributed by atoms with E-state index in [1.54, 1.807) is 0 Å². The number of carbonyl (C=O) groups is 3. The maximum Gasteiger partial charge on any atom is 0.340 e. The fourth-order valence-electron chi connectivity index (χ4n) is 0.574. The fraction of sp³-hybridized carbons (Fsp3) is 0.500. The van der Waals surface area contributed by atoms with Crippen LogP contribution >= 0.6 is 0 Å². The molecule has 0 aromatic carbocycles. The number of Topliss-reactive ketones (excluding diaryl/α,β-unsaturated/α-hetero) is 1. The minimum absolute atomic E-state index is 1.69. The summed E-state index contributed by atoms with van der Waals surface area (Å²) < 4.78 is 0. The van der Waals surface area contributed by atoms with Crippen LogP contribution in [0.25, 0.3) is 0 Å². The van der Waals surface area contributed by atoms with Crippen molar-refractivity contribution in [3.05, 3.63) is 0 Å². The first-order valence-corrected chi connectivity index (χ1v) is 3.32. The first-order chi connectivity index (χ1) is 6.29.